The van der Waals surface area contributed by atoms with Gasteiger partial charge in [-0.05, 0) is 52.3 Å². The average molecular weight is 359 g/mol. The summed E-state index contributed by atoms with van der Waals surface area (Å²) in [7, 11) is 0. The molecule has 1 aliphatic carbocycles. The van der Waals surface area contributed by atoms with Crippen molar-refractivity contribution in [1.82, 2.24) is 0 Å². The first-order valence-corrected chi connectivity index (χ1v) is 6.71. The minimum absolute atomic E-state index is 0.214. The molecule has 0 radical (unpaired) electrons. The molecule has 2 N–H and O–H groups in total. The van der Waals surface area contributed by atoms with E-state index in [4.69, 9.17) is 5.11 Å². The van der Waals surface area contributed by atoms with Gasteiger partial charge in [0.2, 0.25) is 5.91 Å². The highest BCUT2D eigenvalue weighted by Gasteiger charge is 2.65. The zero-order valence-corrected chi connectivity index (χ0v) is 12.3. The van der Waals surface area contributed by atoms with E-state index in [9.17, 15) is 9.59 Å². The third-order valence-corrected chi connectivity index (χ3v) is 4.21. The molecule has 0 aliphatic heterocycles. The number of aliphatic carboxylic acids is 1. The summed E-state index contributed by atoms with van der Waals surface area (Å²) >= 11 is 2.18. The second kappa shape index (κ2) is 4.53. The van der Waals surface area contributed by atoms with Gasteiger partial charge in [0, 0.05) is 9.26 Å². The molecule has 2 rings (SSSR count). The Hall–Kier alpha value is -1.11. The quantitative estimate of drug-likeness (QED) is 0.816. The van der Waals surface area contributed by atoms with Crippen molar-refractivity contribution >= 4 is 40.2 Å². The van der Waals surface area contributed by atoms with Gasteiger partial charge in [0.25, 0.3) is 0 Å². The van der Waals surface area contributed by atoms with Crippen LogP contribution in [-0.2, 0) is 9.59 Å². The summed E-state index contributed by atoms with van der Waals surface area (Å²) in [6.45, 7) is 3.62. The van der Waals surface area contributed by atoms with Crippen molar-refractivity contribution in [2.24, 2.45) is 17.3 Å². The molecule has 0 bridgehead atoms. The van der Waals surface area contributed by atoms with Crippen LogP contribution in [0, 0.1) is 20.8 Å². The number of nitrogens with one attached hydrogen (secondary N) is 1. The summed E-state index contributed by atoms with van der Waals surface area (Å²) in [5.41, 5.74) is 0.242. The molecule has 0 saturated heterocycles. The van der Waals surface area contributed by atoms with Gasteiger partial charge in [0.1, 0.15) is 0 Å². The molecule has 1 amide bonds. The summed E-state index contributed by atoms with van der Waals surface area (Å²) in [6, 6.07) is 7.40. The molecule has 0 heterocycles. The molecule has 5 heteroatoms. The van der Waals surface area contributed by atoms with Gasteiger partial charge < -0.3 is 10.4 Å². The molecule has 1 fully saturated rings. The fraction of sp³-hybridized carbons (Fsp3) is 0.385. The van der Waals surface area contributed by atoms with Crippen molar-refractivity contribution in [1.29, 1.82) is 0 Å². The summed E-state index contributed by atoms with van der Waals surface area (Å²) in [5.74, 6) is -2.15. The lowest BCUT2D eigenvalue weighted by atomic mass is 10.1. The van der Waals surface area contributed by atoms with Crippen LogP contribution in [0.1, 0.15) is 13.8 Å². The smallest absolute Gasteiger partial charge is 0.307 e. The van der Waals surface area contributed by atoms with Crippen molar-refractivity contribution in [3.63, 3.8) is 0 Å². The maximum Gasteiger partial charge on any atom is 0.307 e. The van der Waals surface area contributed by atoms with Gasteiger partial charge in [0.05, 0.1) is 11.8 Å². The van der Waals surface area contributed by atoms with E-state index in [2.05, 4.69) is 27.9 Å². The van der Waals surface area contributed by atoms with E-state index in [-0.39, 0.29) is 5.91 Å². The van der Waals surface area contributed by atoms with E-state index in [1.54, 1.807) is 0 Å². The number of amides is 1. The third-order valence-electron chi connectivity index (χ3n) is 3.49. The number of benzene rings is 1. The van der Waals surface area contributed by atoms with Crippen molar-refractivity contribution < 1.29 is 14.7 Å². The summed E-state index contributed by atoms with van der Waals surface area (Å²) in [6.07, 6.45) is 0. The van der Waals surface area contributed by atoms with Crippen LogP contribution in [0.3, 0.4) is 0 Å². The maximum absolute atomic E-state index is 12.0. The van der Waals surface area contributed by atoms with Gasteiger partial charge in [-0.25, -0.2) is 0 Å². The molecule has 0 spiro atoms. The van der Waals surface area contributed by atoms with Crippen LogP contribution >= 0.6 is 22.6 Å². The highest BCUT2D eigenvalue weighted by atomic mass is 127. The molecule has 1 saturated carbocycles. The number of halogens is 1. The highest BCUT2D eigenvalue weighted by molar-refractivity contribution is 14.1. The second-order valence-corrected chi connectivity index (χ2v) is 6.36. The Morgan fingerprint density at radius 2 is 1.78 bits per heavy atom. The normalized spacial score (nSPS) is 24.4. The van der Waals surface area contributed by atoms with Crippen LogP contribution in [0.5, 0.6) is 0 Å². The molecule has 96 valence electrons. The fourth-order valence-electron chi connectivity index (χ4n) is 2.34. The molecule has 2 unspecified atom stereocenters. The Bertz CT molecular complexity index is 495. The van der Waals surface area contributed by atoms with Crippen molar-refractivity contribution in [2.75, 3.05) is 5.32 Å². The molecular formula is C13H14INO3. The minimum Gasteiger partial charge on any atom is -0.481 e. The maximum atomic E-state index is 12.0. The van der Waals surface area contributed by atoms with Crippen LogP contribution < -0.4 is 5.32 Å². The fourth-order valence-corrected chi connectivity index (χ4v) is 2.70. The standard InChI is InChI=1S/C13H14INO3/c1-13(2)9(10(13)12(17)18)11(16)15-8-5-3-7(14)4-6-8/h3-6,9-10H,1-2H3,(H,15,16)(H,17,18). The van der Waals surface area contributed by atoms with Crippen LogP contribution in [0.25, 0.3) is 0 Å². The zero-order chi connectivity index (χ0) is 13.5. The number of carbonyl (C=O) groups is 2. The number of carboxylic acid groups (broad SMARTS) is 1. The van der Waals surface area contributed by atoms with Crippen molar-refractivity contribution in [3.05, 3.63) is 27.8 Å². The number of hydrogen-bond donors (Lipinski definition) is 2. The highest BCUT2D eigenvalue weighted by Crippen LogP contribution is 2.58. The van der Waals surface area contributed by atoms with E-state index < -0.39 is 23.2 Å². The number of anilines is 1. The summed E-state index contributed by atoms with van der Waals surface area (Å²) < 4.78 is 1.08. The molecule has 0 aromatic heterocycles. The first-order valence-electron chi connectivity index (χ1n) is 5.63. The monoisotopic (exact) mass is 359 g/mol. The van der Waals surface area contributed by atoms with Gasteiger partial charge in [-0.3, -0.25) is 9.59 Å². The molecular weight excluding hydrogens is 345 g/mol. The lowest BCUT2D eigenvalue weighted by Gasteiger charge is -2.05. The number of rotatable bonds is 3. The molecule has 1 aromatic carbocycles. The minimum atomic E-state index is -0.900. The number of hydrogen-bond acceptors (Lipinski definition) is 2. The van der Waals surface area contributed by atoms with Crippen LogP contribution in [0.2, 0.25) is 0 Å². The number of carbonyl (C=O) groups excluding carboxylic acids is 1. The zero-order valence-electron chi connectivity index (χ0n) is 10.1. The van der Waals surface area contributed by atoms with Gasteiger partial charge in [-0.2, -0.15) is 0 Å². The van der Waals surface area contributed by atoms with Gasteiger partial charge in [-0.1, -0.05) is 13.8 Å². The van der Waals surface area contributed by atoms with Crippen molar-refractivity contribution in [2.45, 2.75) is 13.8 Å². The molecule has 18 heavy (non-hydrogen) atoms. The van der Waals surface area contributed by atoms with Crippen molar-refractivity contribution in [3.8, 4) is 0 Å². The number of carboxylic acids is 1. The second-order valence-electron chi connectivity index (χ2n) is 5.11. The van der Waals surface area contributed by atoms with E-state index in [0.29, 0.717) is 5.69 Å². The molecule has 4 nitrogen and oxygen atoms in total. The average Bonchev–Trinajstić information content (AvgIpc) is 2.85. The first kappa shape index (κ1) is 13.3. The Labute approximate surface area is 119 Å². The molecule has 1 aliphatic rings. The topological polar surface area (TPSA) is 66.4 Å². The lowest BCUT2D eigenvalue weighted by molar-refractivity contribution is -0.140. The Morgan fingerprint density at radius 3 is 2.22 bits per heavy atom. The Kier molecular flexibility index (Phi) is 3.35. The Morgan fingerprint density at radius 1 is 1.22 bits per heavy atom. The van der Waals surface area contributed by atoms with Crippen LogP contribution in [-0.4, -0.2) is 17.0 Å². The predicted molar refractivity (Wildman–Crippen MR) is 76.2 cm³/mol. The van der Waals surface area contributed by atoms with E-state index >= 15 is 0 Å². The Balaban J connectivity index is 2.06. The van der Waals surface area contributed by atoms with Gasteiger partial charge >= 0.3 is 5.97 Å². The molecule has 2 atom stereocenters. The third kappa shape index (κ3) is 2.36. The SMILES string of the molecule is CC1(C)C(C(=O)O)C1C(=O)Nc1ccc(I)cc1. The van der Waals surface area contributed by atoms with E-state index in [0.717, 1.165) is 3.57 Å². The van der Waals surface area contributed by atoms with Crippen LogP contribution in [0.4, 0.5) is 5.69 Å². The van der Waals surface area contributed by atoms with E-state index in [1.807, 2.05) is 38.1 Å². The lowest BCUT2D eigenvalue weighted by Crippen LogP contribution is -2.17. The molecule has 1 aromatic rings. The summed E-state index contributed by atoms with van der Waals surface area (Å²) in [5, 5.41) is 11.8. The van der Waals surface area contributed by atoms with E-state index in [1.165, 1.54) is 0 Å². The van der Waals surface area contributed by atoms with Gasteiger partial charge in [-0.15, -0.1) is 0 Å². The van der Waals surface area contributed by atoms with Crippen LogP contribution in [0.15, 0.2) is 24.3 Å². The first-order chi connectivity index (χ1) is 8.34. The van der Waals surface area contributed by atoms with Gasteiger partial charge in [0.15, 0.2) is 0 Å². The largest absolute Gasteiger partial charge is 0.481 e. The summed E-state index contributed by atoms with van der Waals surface area (Å²) in [4.78, 5) is 23.0. The predicted octanol–water partition coefficient (Wildman–Crippen LogP) is 2.59.